The van der Waals surface area contributed by atoms with Crippen LogP contribution in [0, 0.1) is 0 Å². The second kappa shape index (κ2) is 8.34. The highest BCUT2D eigenvalue weighted by Gasteiger charge is 2.14. The van der Waals surface area contributed by atoms with E-state index in [4.69, 9.17) is 0 Å². The molecule has 0 saturated carbocycles. The molecule has 2 amide bonds. The summed E-state index contributed by atoms with van der Waals surface area (Å²) in [5.41, 5.74) is 2.61. The first-order valence-electron chi connectivity index (χ1n) is 7.61. The first-order valence-corrected chi connectivity index (χ1v) is 7.61. The molecule has 0 radical (unpaired) electrons. The minimum absolute atomic E-state index is 0.381. The van der Waals surface area contributed by atoms with E-state index in [2.05, 4.69) is 34.9 Å². The van der Waals surface area contributed by atoms with Crippen molar-refractivity contribution in [2.75, 3.05) is 20.1 Å². The highest BCUT2D eigenvalue weighted by Crippen LogP contribution is 2.25. The Morgan fingerprint density at radius 2 is 2.00 bits per heavy atom. The van der Waals surface area contributed by atoms with E-state index in [1.807, 2.05) is 11.9 Å². The lowest BCUT2D eigenvalue weighted by atomic mass is 9.90. The molecule has 1 saturated heterocycles. The number of nitrogens with zero attached hydrogens (tertiary/aromatic N) is 1. The van der Waals surface area contributed by atoms with Crippen molar-refractivity contribution in [3.05, 3.63) is 47.7 Å². The molecule has 0 atom stereocenters. The molecule has 5 heteroatoms. The summed E-state index contributed by atoms with van der Waals surface area (Å²) in [4.78, 5) is 23.2. The molecular formula is C17H23N3O2. The molecule has 0 bridgehead atoms. The predicted octanol–water partition coefficient (Wildman–Crippen LogP) is 1.37. The molecule has 22 heavy (non-hydrogen) atoms. The Balaban J connectivity index is 1.87. The zero-order chi connectivity index (χ0) is 15.8. The molecule has 1 aliphatic heterocycles. The first-order chi connectivity index (χ1) is 10.7. The molecule has 0 aromatic heterocycles. The third-order valence-electron chi connectivity index (χ3n) is 3.90. The number of piperidine rings is 1. The molecule has 0 aliphatic carbocycles. The highest BCUT2D eigenvalue weighted by atomic mass is 16.2. The van der Waals surface area contributed by atoms with Crippen molar-refractivity contribution in [2.45, 2.75) is 25.3 Å². The Hall–Kier alpha value is -2.14. The molecule has 2 rings (SSSR count). The summed E-state index contributed by atoms with van der Waals surface area (Å²) < 4.78 is 0. The van der Waals surface area contributed by atoms with Crippen LogP contribution in [0.15, 0.2) is 36.5 Å². The third-order valence-corrected chi connectivity index (χ3v) is 3.90. The van der Waals surface area contributed by atoms with Gasteiger partial charge in [-0.3, -0.25) is 14.9 Å². The molecule has 1 aromatic carbocycles. The average molecular weight is 301 g/mol. The number of benzene rings is 1. The van der Waals surface area contributed by atoms with Crippen LogP contribution in [0.25, 0.3) is 0 Å². The van der Waals surface area contributed by atoms with Crippen LogP contribution >= 0.6 is 0 Å². The molecular weight excluding hydrogens is 278 g/mol. The van der Waals surface area contributed by atoms with E-state index in [-0.39, 0.29) is 0 Å². The van der Waals surface area contributed by atoms with Gasteiger partial charge in [-0.05, 0) is 43.0 Å². The van der Waals surface area contributed by atoms with E-state index in [1.54, 1.807) is 6.20 Å². The summed E-state index contributed by atoms with van der Waals surface area (Å²) in [6, 6.07) is 8.71. The maximum atomic E-state index is 11.2. The fourth-order valence-electron chi connectivity index (χ4n) is 2.69. The smallest absolute Gasteiger partial charge is 0.251 e. The Labute approximate surface area is 131 Å². The number of hydrogen-bond acceptors (Lipinski definition) is 4. The van der Waals surface area contributed by atoms with Crippen molar-refractivity contribution in [2.24, 2.45) is 0 Å². The lowest BCUT2D eigenvalue weighted by Gasteiger charge is -2.23. The Morgan fingerprint density at radius 1 is 1.32 bits per heavy atom. The SMILES string of the molecule is CN(/C=C\C(=O)NC=O)Cc1ccc(C2CCNCC2)cc1. The van der Waals surface area contributed by atoms with Gasteiger partial charge in [-0.25, -0.2) is 0 Å². The molecule has 0 spiro atoms. The van der Waals surface area contributed by atoms with Crippen molar-refractivity contribution in [1.29, 1.82) is 0 Å². The third kappa shape index (κ3) is 5.00. The van der Waals surface area contributed by atoms with Crippen LogP contribution < -0.4 is 10.6 Å². The van der Waals surface area contributed by atoms with Crippen LogP contribution in [-0.2, 0) is 16.1 Å². The zero-order valence-electron chi connectivity index (χ0n) is 12.9. The minimum Gasteiger partial charge on any atom is -0.376 e. The summed E-state index contributed by atoms with van der Waals surface area (Å²) in [5, 5.41) is 5.46. The van der Waals surface area contributed by atoms with Crippen molar-refractivity contribution in [3.63, 3.8) is 0 Å². The highest BCUT2D eigenvalue weighted by molar-refractivity contribution is 5.94. The number of carbonyl (C=O) groups excluding carboxylic acids is 2. The standard InChI is InChI=1S/C17H23N3O2/c1-20(11-8-17(22)19-13-21)12-14-2-4-15(5-3-14)16-6-9-18-10-7-16/h2-5,8,11,13,16,18H,6-7,9-10,12H2,1H3,(H,19,21,22)/b11-8-. The van der Waals surface area contributed by atoms with Gasteiger partial charge < -0.3 is 10.2 Å². The van der Waals surface area contributed by atoms with Crippen LogP contribution in [0.1, 0.15) is 29.9 Å². The van der Waals surface area contributed by atoms with Crippen LogP contribution in [0.2, 0.25) is 0 Å². The van der Waals surface area contributed by atoms with Gasteiger partial charge in [-0.1, -0.05) is 24.3 Å². The molecule has 1 heterocycles. The molecule has 2 N–H and O–H groups in total. The normalized spacial score (nSPS) is 15.7. The molecule has 118 valence electrons. The molecule has 5 nitrogen and oxygen atoms in total. The minimum atomic E-state index is -0.414. The van der Waals surface area contributed by atoms with Crippen LogP contribution in [0.4, 0.5) is 0 Å². The number of hydrogen-bond donors (Lipinski definition) is 2. The van der Waals surface area contributed by atoms with E-state index < -0.39 is 5.91 Å². The number of imide groups is 1. The van der Waals surface area contributed by atoms with Gasteiger partial charge in [0, 0.05) is 25.9 Å². The fourth-order valence-corrected chi connectivity index (χ4v) is 2.69. The number of carbonyl (C=O) groups is 2. The van der Waals surface area contributed by atoms with E-state index in [0.29, 0.717) is 12.3 Å². The largest absolute Gasteiger partial charge is 0.376 e. The summed E-state index contributed by atoms with van der Waals surface area (Å²) in [6.07, 6.45) is 5.80. The van der Waals surface area contributed by atoms with Crippen LogP contribution in [0.5, 0.6) is 0 Å². The van der Waals surface area contributed by atoms with Crippen LogP contribution in [0.3, 0.4) is 0 Å². The Bertz CT molecular complexity index is 519. The zero-order valence-corrected chi connectivity index (χ0v) is 12.9. The topological polar surface area (TPSA) is 61.4 Å². The fraction of sp³-hybridized carbons (Fsp3) is 0.412. The summed E-state index contributed by atoms with van der Waals surface area (Å²) in [5.74, 6) is 0.253. The molecule has 1 fully saturated rings. The summed E-state index contributed by atoms with van der Waals surface area (Å²) in [7, 11) is 1.89. The van der Waals surface area contributed by atoms with E-state index in [0.717, 1.165) is 19.6 Å². The first kappa shape index (κ1) is 16.2. The van der Waals surface area contributed by atoms with Gasteiger partial charge in [0.05, 0.1) is 0 Å². The lowest BCUT2D eigenvalue weighted by molar-refractivity contribution is -0.121. The van der Waals surface area contributed by atoms with Gasteiger partial charge in [-0.15, -0.1) is 0 Å². The molecule has 0 unspecified atom stereocenters. The van der Waals surface area contributed by atoms with Crippen molar-refractivity contribution in [3.8, 4) is 0 Å². The molecule has 1 aliphatic rings. The van der Waals surface area contributed by atoms with Gasteiger partial charge in [-0.2, -0.15) is 0 Å². The second-order valence-corrected chi connectivity index (χ2v) is 5.62. The average Bonchev–Trinajstić information content (AvgIpc) is 2.55. The monoisotopic (exact) mass is 301 g/mol. The van der Waals surface area contributed by atoms with Gasteiger partial charge >= 0.3 is 0 Å². The predicted molar refractivity (Wildman–Crippen MR) is 86.1 cm³/mol. The molecule has 1 aromatic rings. The summed E-state index contributed by atoms with van der Waals surface area (Å²) >= 11 is 0. The number of nitrogens with one attached hydrogen (secondary N) is 2. The van der Waals surface area contributed by atoms with Crippen molar-refractivity contribution < 1.29 is 9.59 Å². The van der Waals surface area contributed by atoms with E-state index in [9.17, 15) is 9.59 Å². The van der Waals surface area contributed by atoms with E-state index >= 15 is 0 Å². The van der Waals surface area contributed by atoms with Crippen molar-refractivity contribution >= 4 is 12.3 Å². The van der Waals surface area contributed by atoms with Gasteiger partial charge in [0.2, 0.25) is 6.41 Å². The number of amides is 2. The number of rotatable bonds is 6. The van der Waals surface area contributed by atoms with Gasteiger partial charge in [0.25, 0.3) is 5.91 Å². The van der Waals surface area contributed by atoms with Gasteiger partial charge in [0.15, 0.2) is 0 Å². The van der Waals surface area contributed by atoms with E-state index in [1.165, 1.54) is 30.0 Å². The lowest BCUT2D eigenvalue weighted by Crippen LogP contribution is -2.26. The summed E-state index contributed by atoms with van der Waals surface area (Å²) in [6.45, 7) is 2.92. The Kier molecular flexibility index (Phi) is 6.15. The van der Waals surface area contributed by atoms with Crippen molar-refractivity contribution in [1.82, 2.24) is 15.5 Å². The quantitative estimate of drug-likeness (QED) is 0.615. The second-order valence-electron chi connectivity index (χ2n) is 5.62. The maximum Gasteiger partial charge on any atom is 0.251 e. The Morgan fingerprint density at radius 3 is 2.64 bits per heavy atom. The maximum absolute atomic E-state index is 11.2. The van der Waals surface area contributed by atoms with Gasteiger partial charge in [0.1, 0.15) is 0 Å². The van der Waals surface area contributed by atoms with Crippen LogP contribution in [-0.4, -0.2) is 37.4 Å².